The Hall–Kier alpha value is -4.01. The van der Waals surface area contributed by atoms with Gasteiger partial charge in [0.15, 0.2) is 24.6 Å². The molecule has 0 amide bonds. The molecule has 2 aliphatic rings. The van der Waals surface area contributed by atoms with Gasteiger partial charge >= 0.3 is 17.9 Å². The van der Waals surface area contributed by atoms with Crippen LogP contribution in [0.4, 0.5) is 0 Å². The summed E-state index contributed by atoms with van der Waals surface area (Å²) in [5.74, 6) is -1.93. The number of fused-ring (bicyclic) bond motifs is 2. The normalized spacial score (nSPS) is 24.9. The third-order valence-electron chi connectivity index (χ3n) is 5.77. The Morgan fingerprint density at radius 2 is 0.971 bits per heavy atom. The second-order valence-corrected chi connectivity index (χ2v) is 8.08. The predicted octanol–water partition coefficient (Wildman–Crippen LogP) is 3.42. The van der Waals surface area contributed by atoms with Crippen LogP contribution < -0.4 is 0 Å². The van der Waals surface area contributed by atoms with Gasteiger partial charge in [-0.2, -0.15) is 0 Å². The SMILES string of the molecule is O=C(O[C@@H]1[C@H](OC(=O)c2ccccc2)[C@@H]2OC[C@@H](O2)[C@H]1OC(=O)c1ccccc1)c1ccccc1. The van der Waals surface area contributed by atoms with Crippen molar-refractivity contribution in [3.63, 3.8) is 0 Å². The first-order valence-corrected chi connectivity index (χ1v) is 11.2. The van der Waals surface area contributed by atoms with Gasteiger partial charge < -0.3 is 23.7 Å². The van der Waals surface area contributed by atoms with E-state index in [1.807, 2.05) is 0 Å². The average Bonchev–Trinajstić information content (AvgIpc) is 3.35. The van der Waals surface area contributed by atoms with Gasteiger partial charge in [0.05, 0.1) is 23.3 Å². The summed E-state index contributed by atoms with van der Waals surface area (Å²) in [6, 6.07) is 25.2. The smallest absolute Gasteiger partial charge is 0.338 e. The quantitative estimate of drug-likeness (QED) is 0.396. The van der Waals surface area contributed by atoms with Gasteiger partial charge in [-0.1, -0.05) is 54.6 Å². The Kier molecular flexibility index (Phi) is 6.56. The highest BCUT2D eigenvalue weighted by Gasteiger charge is 2.56. The first-order valence-electron chi connectivity index (χ1n) is 11.2. The Morgan fingerprint density at radius 1 is 0.571 bits per heavy atom. The topological polar surface area (TPSA) is 97.4 Å². The van der Waals surface area contributed by atoms with Crippen molar-refractivity contribution in [2.45, 2.75) is 30.7 Å². The molecule has 3 aromatic carbocycles. The lowest BCUT2D eigenvalue weighted by Crippen LogP contribution is -2.58. The minimum Gasteiger partial charge on any atom is -0.452 e. The Morgan fingerprint density at radius 3 is 1.43 bits per heavy atom. The molecule has 2 saturated heterocycles. The summed E-state index contributed by atoms with van der Waals surface area (Å²) in [5.41, 5.74) is 0.923. The second kappa shape index (κ2) is 10.1. The number of ether oxygens (including phenoxy) is 5. The van der Waals surface area contributed by atoms with Crippen LogP contribution in [0.25, 0.3) is 0 Å². The molecule has 0 saturated carbocycles. The van der Waals surface area contributed by atoms with Crippen molar-refractivity contribution in [2.75, 3.05) is 6.61 Å². The highest BCUT2D eigenvalue weighted by atomic mass is 16.8. The molecule has 0 spiro atoms. The van der Waals surface area contributed by atoms with Crippen LogP contribution in [0.3, 0.4) is 0 Å². The van der Waals surface area contributed by atoms with E-state index in [1.54, 1.807) is 91.0 Å². The Balaban J connectivity index is 1.44. The molecule has 8 nitrogen and oxygen atoms in total. The fraction of sp³-hybridized carbons (Fsp3) is 0.222. The number of esters is 3. The molecule has 35 heavy (non-hydrogen) atoms. The number of carbonyl (C=O) groups excluding carboxylic acids is 3. The summed E-state index contributed by atoms with van der Waals surface area (Å²) in [4.78, 5) is 38.7. The minimum absolute atomic E-state index is 0.0795. The molecule has 0 N–H and O–H groups in total. The Labute approximate surface area is 201 Å². The van der Waals surface area contributed by atoms with E-state index in [0.717, 1.165) is 0 Å². The summed E-state index contributed by atoms with van der Waals surface area (Å²) < 4.78 is 28.8. The van der Waals surface area contributed by atoms with E-state index in [4.69, 9.17) is 23.7 Å². The van der Waals surface area contributed by atoms with E-state index in [0.29, 0.717) is 16.7 Å². The van der Waals surface area contributed by atoms with E-state index >= 15 is 0 Å². The molecule has 0 unspecified atom stereocenters. The monoisotopic (exact) mass is 474 g/mol. The Bertz CT molecular complexity index is 1110. The number of hydrogen-bond acceptors (Lipinski definition) is 8. The van der Waals surface area contributed by atoms with E-state index in [2.05, 4.69) is 0 Å². The van der Waals surface area contributed by atoms with Crippen LogP contribution in [-0.4, -0.2) is 55.2 Å². The molecule has 0 radical (unpaired) electrons. The summed E-state index contributed by atoms with van der Waals surface area (Å²) in [6.45, 7) is 0.0795. The molecular formula is C27H22O8. The molecule has 2 bridgehead atoms. The molecule has 0 aliphatic carbocycles. The summed E-state index contributed by atoms with van der Waals surface area (Å²) in [6.07, 6.45) is -5.07. The molecule has 0 aromatic heterocycles. The van der Waals surface area contributed by atoms with Crippen LogP contribution in [0.1, 0.15) is 31.1 Å². The van der Waals surface area contributed by atoms with Crippen LogP contribution in [-0.2, 0) is 23.7 Å². The van der Waals surface area contributed by atoms with Gasteiger partial charge in [0.2, 0.25) is 0 Å². The van der Waals surface area contributed by atoms with E-state index < -0.39 is 48.6 Å². The molecule has 5 atom stereocenters. The highest BCUT2D eigenvalue weighted by Crippen LogP contribution is 2.35. The van der Waals surface area contributed by atoms with Gasteiger partial charge in [0.1, 0.15) is 6.10 Å². The molecule has 2 heterocycles. The standard InChI is InChI=1S/C27H22O8/c28-24(17-10-4-1-5-11-17)33-21-20-16-31-27(32-20)23(35-26(30)19-14-8-3-9-15-19)22(21)34-25(29)18-12-6-2-7-13-18/h1-15,20-23,27H,16H2/t20-,21-,22+,23+,27-/m1/s1. The molecule has 2 fully saturated rings. The lowest BCUT2D eigenvalue weighted by Gasteiger charge is -2.39. The van der Waals surface area contributed by atoms with Crippen LogP contribution in [0.5, 0.6) is 0 Å². The lowest BCUT2D eigenvalue weighted by atomic mass is 9.99. The fourth-order valence-corrected chi connectivity index (χ4v) is 4.04. The van der Waals surface area contributed by atoms with Gasteiger partial charge in [0, 0.05) is 0 Å². The van der Waals surface area contributed by atoms with Crippen molar-refractivity contribution in [1.82, 2.24) is 0 Å². The van der Waals surface area contributed by atoms with Gasteiger partial charge in [-0.3, -0.25) is 0 Å². The number of hydrogen-bond donors (Lipinski definition) is 0. The first kappa shape index (κ1) is 22.8. The second-order valence-electron chi connectivity index (χ2n) is 8.08. The molecule has 178 valence electrons. The zero-order chi connectivity index (χ0) is 24.2. The largest absolute Gasteiger partial charge is 0.452 e. The van der Waals surface area contributed by atoms with Crippen LogP contribution in [0.15, 0.2) is 91.0 Å². The summed E-state index contributed by atoms with van der Waals surface area (Å²) in [7, 11) is 0. The maximum atomic E-state index is 13.0. The minimum atomic E-state index is -1.16. The van der Waals surface area contributed by atoms with Crippen molar-refractivity contribution in [3.05, 3.63) is 108 Å². The van der Waals surface area contributed by atoms with Crippen molar-refractivity contribution in [1.29, 1.82) is 0 Å². The van der Waals surface area contributed by atoms with Crippen LogP contribution in [0, 0.1) is 0 Å². The lowest BCUT2D eigenvalue weighted by molar-refractivity contribution is -0.228. The van der Waals surface area contributed by atoms with Crippen molar-refractivity contribution in [2.24, 2.45) is 0 Å². The van der Waals surface area contributed by atoms with Gasteiger partial charge in [0.25, 0.3) is 0 Å². The maximum absolute atomic E-state index is 13.0. The zero-order valence-corrected chi connectivity index (χ0v) is 18.5. The van der Waals surface area contributed by atoms with Crippen molar-refractivity contribution in [3.8, 4) is 0 Å². The highest BCUT2D eigenvalue weighted by molar-refractivity contribution is 5.91. The molecule has 8 heteroatoms. The predicted molar refractivity (Wildman–Crippen MR) is 122 cm³/mol. The third-order valence-corrected chi connectivity index (χ3v) is 5.77. The zero-order valence-electron chi connectivity index (χ0n) is 18.5. The third kappa shape index (κ3) is 4.94. The molecule has 5 rings (SSSR count). The van der Waals surface area contributed by atoms with Crippen LogP contribution in [0.2, 0.25) is 0 Å². The maximum Gasteiger partial charge on any atom is 0.338 e. The fourth-order valence-electron chi connectivity index (χ4n) is 4.04. The van der Waals surface area contributed by atoms with E-state index in [9.17, 15) is 14.4 Å². The number of carbonyl (C=O) groups is 3. The van der Waals surface area contributed by atoms with Crippen molar-refractivity contribution >= 4 is 17.9 Å². The summed E-state index contributed by atoms with van der Waals surface area (Å²) in [5, 5.41) is 0. The van der Waals surface area contributed by atoms with Gasteiger partial charge in [-0.25, -0.2) is 14.4 Å². The number of rotatable bonds is 6. The van der Waals surface area contributed by atoms with Gasteiger partial charge in [-0.05, 0) is 36.4 Å². The molecule has 3 aromatic rings. The number of benzene rings is 3. The van der Waals surface area contributed by atoms with Crippen LogP contribution >= 0.6 is 0 Å². The first-order chi connectivity index (χ1) is 17.1. The summed E-state index contributed by atoms with van der Waals surface area (Å²) >= 11 is 0. The molecule has 2 aliphatic heterocycles. The molecular weight excluding hydrogens is 452 g/mol. The average molecular weight is 474 g/mol. The van der Waals surface area contributed by atoms with Gasteiger partial charge in [-0.15, -0.1) is 0 Å². The van der Waals surface area contributed by atoms with E-state index in [1.165, 1.54) is 0 Å². The van der Waals surface area contributed by atoms with E-state index in [-0.39, 0.29) is 6.61 Å². The van der Waals surface area contributed by atoms with Crippen molar-refractivity contribution < 1.29 is 38.1 Å².